The van der Waals surface area contributed by atoms with Crippen molar-refractivity contribution in [2.45, 2.75) is 38.9 Å². The van der Waals surface area contributed by atoms with Crippen molar-refractivity contribution < 1.29 is 4.79 Å². The number of carbonyl (C=O) groups is 1. The van der Waals surface area contributed by atoms with Crippen LogP contribution in [0.15, 0.2) is 18.2 Å². The zero-order chi connectivity index (χ0) is 13.5. The standard InChI is InChI=1S/C14H20ClNOS/c1-4-5-8-18-11(3)14(17)16-12-7-6-10(2)13(15)9-12/h6-7,9,11H,4-5,8H2,1-3H3,(H,16,17). The van der Waals surface area contributed by atoms with Crippen LogP contribution in [0.5, 0.6) is 0 Å². The number of amides is 1. The van der Waals surface area contributed by atoms with Crippen molar-refractivity contribution in [2.24, 2.45) is 0 Å². The van der Waals surface area contributed by atoms with Crippen LogP contribution in [0.2, 0.25) is 5.02 Å². The number of unbranched alkanes of at least 4 members (excludes halogenated alkanes) is 1. The number of carbonyl (C=O) groups excluding carboxylic acids is 1. The lowest BCUT2D eigenvalue weighted by molar-refractivity contribution is -0.115. The molecule has 0 saturated heterocycles. The summed E-state index contributed by atoms with van der Waals surface area (Å²) in [4.78, 5) is 11.9. The number of rotatable bonds is 6. The number of aryl methyl sites for hydroxylation is 1. The van der Waals surface area contributed by atoms with E-state index in [0.29, 0.717) is 5.02 Å². The maximum absolute atomic E-state index is 11.9. The first-order chi connectivity index (χ1) is 8.54. The number of thioether (sulfide) groups is 1. The highest BCUT2D eigenvalue weighted by Crippen LogP contribution is 2.21. The molecule has 100 valence electrons. The highest BCUT2D eigenvalue weighted by atomic mass is 35.5. The summed E-state index contributed by atoms with van der Waals surface area (Å²) in [5, 5.41) is 3.54. The van der Waals surface area contributed by atoms with Crippen molar-refractivity contribution in [1.29, 1.82) is 0 Å². The third kappa shape index (κ3) is 4.91. The fraction of sp³-hybridized carbons (Fsp3) is 0.500. The minimum atomic E-state index is -0.0309. The second kappa shape index (κ2) is 7.70. The molecular weight excluding hydrogens is 266 g/mol. The average molecular weight is 286 g/mol. The lowest BCUT2D eigenvalue weighted by Gasteiger charge is -2.12. The zero-order valence-corrected chi connectivity index (χ0v) is 12.7. The molecule has 0 aliphatic heterocycles. The molecular formula is C14H20ClNOS. The van der Waals surface area contributed by atoms with E-state index in [1.165, 1.54) is 0 Å². The molecule has 0 fully saturated rings. The van der Waals surface area contributed by atoms with Crippen molar-refractivity contribution in [3.63, 3.8) is 0 Å². The van der Waals surface area contributed by atoms with E-state index >= 15 is 0 Å². The van der Waals surface area contributed by atoms with Gasteiger partial charge in [0.2, 0.25) is 5.91 Å². The normalized spacial score (nSPS) is 12.2. The summed E-state index contributed by atoms with van der Waals surface area (Å²) >= 11 is 7.71. The summed E-state index contributed by atoms with van der Waals surface area (Å²) in [5.74, 6) is 1.07. The van der Waals surface area contributed by atoms with Gasteiger partial charge in [0.25, 0.3) is 0 Å². The van der Waals surface area contributed by atoms with E-state index in [-0.39, 0.29) is 11.2 Å². The van der Waals surface area contributed by atoms with Crippen LogP contribution in [0.1, 0.15) is 32.3 Å². The number of nitrogens with one attached hydrogen (secondary N) is 1. The molecule has 1 atom stereocenters. The molecule has 1 N–H and O–H groups in total. The number of anilines is 1. The molecule has 2 nitrogen and oxygen atoms in total. The molecule has 0 aliphatic carbocycles. The average Bonchev–Trinajstić information content (AvgIpc) is 2.34. The molecule has 0 saturated carbocycles. The van der Waals surface area contributed by atoms with Crippen molar-refractivity contribution in [3.8, 4) is 0 Å². The van der Waals surface area contributed by atoms with E-state index in [1.54, 1.807) is 17.8 Å². The van der Waals surface area contributed by atoms with Crippen molar-refractivity contribution in [2.75, 3.05) is 11.1 Å². The summed E-state index contributed by atoms with van der Waals surface area (Å²) in [5.41, 5.74) is 1.78. The van der Waals surface area contributed by atoms with Gasteiger partial charge in [-0.3, -0.25) is 4.79 Å². The van der Waals surface area contributed by atoms with Gasteiger partial charge in [-0.2, -0.15) is 0 Å². The summed E-state index contributed by atoms with van der Waals surface area (Å²) in [6, 6.07) is 5.58. The molecule has 0 aliphatic rings. The molecule has 0 bridgehead atoms. The number of halogens is 1. The van der Waals surface area contributed by atoms with Crippen LogP contribution >= 0.6 is 23.4 Å². The lowest BCUT2D eigenvalue weighted by Crippen LogP contribution is -2.22. The zero-order valence-electron chi connectivity index (χ0n) is 11.1. The second-order valence-electron chi connectivity index (χ2n) is 4.32. The second-order valence-corrected chi connectivity index (χ2v) is 6.18. The first-order valence-corrected chi connectivity index (χ1v) is 7.66. The van der Waals surface area contributed by atoms with Gasteiger partial charge in [-0.15, -0.1) is 11.8 Å². The predicted octanol–water partition coefficient (Wildman–Crippen LogP) is 4.51. The van der Waals surface area contributed by atoms with E-state index in [0.717, 1.165) is 29.8 Å². The molecule has 1 amide bonds. The Morgan fingerprint density at radius 2 is 2.22 bits per heavy atom. The van der Waals surface area contributed by atoms with Gasteiger partial charge < -0.3 is 5.32 Å². The Morgan fingerprint density at radius 3 is 2.83 bits per heavy atom. The van der Waals surface area contributed by atoms with Gasteiger partial charge in [0, 0.05) is 10.7 Å². The molecule has 1 unspecified atom stereocenters. The van der Waals surface area contributed by atoms with Crippen molar-refractivity contribution in [1.82, 2.24) is 0 Å². The minimum absolute atomic E-state index is 0.0309. The van der Waals surface area contributed by atoms with E-state index < -0.39 is 0 Å². The van der Waals surface area contributed by atoms with Crippen LogP contribution in [-0.2, 0) is 4.79 Å². The van der Waals surface area contributed by atoms with E-state index in [2.05, 4.69) is 12.2 Å². The number of hydrogen-bond acceptors (Lipinski definition) is 2. The van der Waals surface area contributed by atoms with Gasteiger partial charge in [0.05, 0.1) is 5.25 Å². The molecule has 0 aromatic heterocycles. The fourth-order valence-corrected chi connectivity index (χ4v) is 2.59. The molecule has 0 heterocycles. The quantitative estimate of drug-likeness (QED) is 0.779. The van der Waals surface area contributed by atoms with Crippen molar-refractivity contribution >= 4 is 35.0 Å². The molecule has 1 aromatic carbocycles. The van der Waals surface area contributed by atoms with Crippen LogP contribution < -0.4 is 5.32 Å². The maximum Gasteiger partial charge on any atom is 0.237 e. The van der Waals surface area contributed by atoms with Gasteiger partial charge in [0.15, 0.2) is 0 Å². The molecule has 18 heavy (non-hydrogen) atoms. The Balaban J connectivity index is 2.50. The molecule has 0 spiro atoms. The van der Waals surface area contributed by atoms with E-state index in [9.17, 15) is 4.79 Å². The van der Waals surface area contributed by atoms with Gasteiger partial charge >= 0.3 is 0 Å². The summed E-state index contributed by atoms with van der Waals surface area (Å²) < 4.78 is 0. The third-order valence-electron chi connectivity index (χ3n) is 2.67. The summed E-state index contributed by atoms with van der Waals surface area (Å²) in [6.45, 7) is 6.03. The first kappa shape index (κ1) is 15.4. The Morgan fingerprint density at radius 1 is 1.50 bits per heavy atom. The van der Waals surface area contributed by atoms with Crippen LogP contribution in [0.3, 0.4) is 0 Å². The summed E-state index contributed by atoms with van der Waals surface area (Å²) in [6.07, 6.45) is 2.31. The SMILES string of the molecule is CCCCSC(C)C(=O)Nc1ccc(C)c(Cl)c1. The van der Waals surface area contributed by atoms with E-state index in [1.807, 2.05) is 26.0 Å². The van der Waals surface area contributed by atoms with Gasteiger partial charge in [-0.1, -0.05) is 31.0 Å². The molecule has 4 heteroatoms. The Labute approximate surface area is 118 Å². The van der Waals surface area contributed by atoms with Crippen molar-refractivity contribution in [3.05, 3.63) is 28.8 Å². The Kier molecular flexibility index (Phi) is 6.58. The molecule has 1 aromatic rings. The fourth-order valence-electron chi connectivity index (χ4n) is 1.39. The molecule has 0 radical (unpaired) electrons. The van der Waals surface area contributed by atoms with Gasteiger partial charge in [-0.05, 0) is 43.7 Å². The first-order valence-electron chi connectivity index (χ1n) is 6.23. The number of benzene rings is 1. The van der Waals surface area contributed by atoms with Crippen LogP contribution in [0.25, 0.3) is 0 Å². The topological polar surface area (TPSA) is 29.1 Å². The predicted molar refractivity (Wildman–Crippen MR) is 81.6 cm³/mol. The highest BCUT2D eigenvalue weighted by molar-refractivity contribution is 8.00. The largest absolute Gasteiger partial charge is 0.325 e. The Hall–Kier alpha value is -0.670. The lowest BCUT2D eigenvalue weighted by atomic mass is 10.2. The number of hydrogen-bond donors (Lipinski definition) is 1. The smallest absolute Gasteiger partial charge is 0.237 e. The van der Waals surface area contributed by atoms with E-state index in [4.69, 9.17) is 11.6 Å². The van der Waals surface area contributed by atoms with Gasteiger partial charge in [-0.25, -0.2) is 0 Å². The maximum atomic E-state index is 11.9. The third-order valence-corrected chi connectivity index (χ3v) is 4.32. The minimum Gasteiger partial charge on any atom is -0.325 e. The van der Waals surface area contributed by atoms with Crippen LogP contribution in [0.4, 0.5) is 5.69 Å². The monoisotopic (exact) mass is 285 g/mol. The van der Waals surface area contributed by atoms with Crippen LogP contribution in [-0.4, -0.2) is 16.9 Å². The van der Waals surface area contributed by atoms with Crippen LogP contribution in [0, 0.1) is 6.92 Å². The molecule has 1 rings (SSSR count). The Bertz CT molecular complexity index is 409. The van der Waals surface area contributed by atoms with Gasteiger partial charge in [0.1, 0.15) is 0 Å². The summed E-state index contributed by atoms with van der Waals surface area (Å²) in [7, 11) is 0. The highest BCUT2D eigenvalue weighted by Gasteiger charge is 2.13.